The molecule has 1 amide bonds. The Morgan fingerprint density at radius 3 is 2.36 bits per heavy atom. The molecule has 0 aliphatic rings. The van der Waals surface area contributed by atoms with Gasteiger partial charge in [0.2, 0.25) is 0 Å². The molecule has 0 fully saturated rings. The lowest BCUT2D eigenvalue weighted by molar-refractivity contribution is 0.102. The molecule has 2 aromatic carbocycles. The number of anilines is 1. The topological polar surface area (TPSA) is 38.3 Å². The van der Waals surface area contributed by atoms with E-state index in [0.717, 1.165) is 0 Å². The van der Waals surface area contributed by atoms with Gasteiger partial charge in [-0.3, -0.25) is 4.79 Å². The summed E-state index contributed by atoms with van der Waals surface area (Å²) in [6.45, 7) is 3.87. The van der Waals surface area contributed by atoms with Gasteiger partial charge in [-0.2, -0.15) is 0 Å². The Labute approximate surface area is 147 Å². The van der Waals surface area contributed by atoms with Crippen molar-refractivity contribution in [2.24, 2.45) is 0 Å². The maximum atomic E-state index is 12.3. The van der Waals surface area contributed by atoms with E-state index in [1.807, 2.05) is 13.8 Å². The average molecular weight is 403 g/mol. The van der Waals surface area contributed by atoms with Crippen molar-refractivity contribution in [2.45, 2.75) is 20.0 Å². The van der Waals surface area contributed by atoms with Gasteiger partial charge < -0.3 is 10.1 Å². The van der Waals surface area contributed by atoms with Crippen LogP contribution in [0.25, 0.3) is 0 Å². The number of nitrogens with one attached hydrogen (secondary N) is 1. The van der Waals surface area contributed by atoms with Crippen LogP contribution in [0.3, 0.4) is 0 Å². The maximum Gasteiger partial charge on any atom is 0.255 e. The molecular weight excluding hydrogens is 389 g/mol. The van der Waals surface area contributed by atoms with E-state index in [0.29, 0.717) is 31.5 Å². The molecule has 2 rings (SSSR count). The van der Waals surface area contributed by atoms with E-state index in [4.69, 9.17) is 27.9 Å². The highest BCUT2D eigenvalue weighted by Crippen LogP contribution is 2.31. The van der Waals surface area contributed by atoms with Crippen LogP contribution in [-0.4, -0.2) is 12.0 Å². The van der Waals surface area contributed by atoms with Gasteiger partial charge in [0.1, 0.15) is 5.75 Å². The Balaban J connectivity index is 2.22. The van der Waals surface area contributed by atoms with Crippen molar-refractivity contribution in [3.63, 3.8) is 0 Å². The number of rotatable bonds is 4. The van der Waals surface area contributed by atoms with Gasteiger partial charge in [-0.15, -0.1) is 0 Å². The maximum absolute atomic E-state index is 12.3. The molecule has 22 heavy (non-hydrogen) atoms. The fourth-order valence-corrected chi connectivity index (χ4v) is 2.76. The molecular formula is C16H14BrCl2NO2. The Bertz CT molecular complexity index is 684. The van der Waals surface area contributed by atoms with Gasteiger partial charge in [-0.05, 0) is 60.1 Å². The number of ether oxygens (including phenoxy) is 1. The molecule has 0 aliphatic carbocycles. The number of carbonyl (C=O) groups excluding carboxylic acids is 1. The van der Waals surface area contributed by atoms with Crippen LogP contribution in [0.2, 0.25) is 10.0 Å². The minimum Gasteiger partial charge on any atom is -0.490 e. The molecule has 116 valence electrons. The first kappa shape index (κ1) is 17.1. The van der Waals surface area contributed by atoms with Gasteiger partial charge in [-0.25, -0.2) is 0 Å². The summed E-state index contributed by atoms with van der Waals surface area (Å²) >= 11 is 15.5. The molecule has 0 spiro atoms. The largest absolute Gasteiger partial charge is 0.490 e. The lowest BCUT2D eigenvalue weighted by atomic mass is 10.2. The third-order valence-corrected chi connectivity index (χ3v) is 4.01. The molecule has 0 aliphatic heterocycles. The van der Waals surface area contributed by atoms with Gasteiger partial charge >= 0.3 is 0 Å². The van der Waals surface area contributed by atoms with E-state index >= 15 is 0 Å². The number of hydrogen-bond donors (Lipinski definition) is 1. The summed E-state index contributed by atoms with van der Waals surface area (Å²) in [5, 5.41) is 3.49. The van der Waals surface area contributed by atoms with Crippen LogP contribution in [0.1, 0.15) is 24.2 Å². The minimum absolute atomic E-state index is 0.0536. The fourth-order valence-electron chi connectivity index (χ4n) is 1.79. The number of benzene rings is 2. The summed E-state index contributed by atoms with van der Waals surface area (Å²) in [4.78, 5) is 12.3. The van der Waals surface area contributed by atoms with Gasteiger partial charge in [0.25, 0.3) is 5.91 Å². The first-order valence-corrected chi connectivity index (χ1v) is 8.15. The van der Waals surface area contributed by atoms with Crippen LogP contribution in [0.5, 0.6) is 5.75 Å². The molecule has 0 saturated carbocycles. The van der Waals surface area contributed by atoms with Crippen molar-refractivity contribution in [3.8, 4) is 5.75 Å². The summed E-state index contributed by atoms with van der Waals surface area (Å²) in [5.74, 6) is 0.383. The van der Waals surface area contributed by atoms with Gasteiger partial charge in [0.15, 0.2) is 0 Å². The van der Waals surface area contributed by atoms with Crippen LogP contribution in [0.4, 0.5) is 5.69 Å². The lowest BCUT2D eigenvalue weighted by Crippen LogP contribution is -2.13. The number of para-hydroxylation sites is 1. The minimum atomic E-state index is -0.299. The van der Waals surface area contributed by atoms with Crippen LogP contribution in [0.15, 0.2) is 40.9 Å². The summed E-state index contributed by atoms with van der Waals surface area (Å²) in [6.07, 6.45) is 0.0536. The molecule has 2 aromatic rings. The Morgan fingerprint density at radius 1 is 1.18 bits per heavy atom. The van der Waals surface area contributed by atoms with Crippen LogP contribution in [0, 0.1) is 0 Å². The molecule has 0 atom stereocenters. The molecule has 0 aromatic heterocycles. The van der Waals surface area contributed by atoms with Crippen LogP contribution in [-0.2, 0) is 0 Å². The summed E-state index contributed by atoms with van der Waals surface area (Å²) in [5.41, 5.74) is 0.869. The normalized spacial score (nSPS) is 10.6. The Hall–Kier alpha value is -1.23. The highest BCUT2D eigenvalue weighted by atomic mass is 79.9. The molecule has 0 unspecified atom stereocenters. The molecule has 0 radical (unpaired) electrons. The summed E-state index contributed by atoms with van der Waals surface area (Å²) in [7, 11) is 0. The van der Waals surface area contributed by atoms with E-state index in [1.165, 1.54) is 0 Å². The predicted molar refractivity (Wildman–Crippen MR) is 94.3 cm³/mol. The van der Waals surface area contributed by atoms with Gasteiger partial charge in [-0.1, -0.05) is 29.3 Å². The highest BCUT2D eigenvalue weighted by molar-refractivity contribution is 9.10. The fraction of sp³-hybridized carbons (Fsp3) is 0.188. The van der Waals surface area contributed by atoms with Crippen molar-refractivity contribution in [1.82, 2.24) is 0 Å². The summed E-state index contributed by atoms with van der Waals surface area (Å²) < 4.78 is 6.32. The lowest BCUT2D eigenvalue weighted by Gasteiger charge is -2.13. The van der Waals surface area contributed by atoms with Crippen LogP contribution >= 0.6 is 39.1 Å². The molecule has 0 heterocycles. The Morgan fingerprint density at radius 2 is 1.82 bits per heavy atom. The third-order valence-electron chi connectivity index (χ3n) is 2.76. The SMILES string of the molecule is CC(C)Oc1ccc(C(=O)Nc2c(Cl)cccc2Cl)cc1Br. The van der Waals surface area contributed by atoms with Gasteiger partial charge in [0.05, 0.1) is 26.3 Å². The second-order valence-electron chi connectivity index (χ2n) is 4.86. The first-order chi connectivity index (χ1) is 10.4. The van der Waals surface area contributed by atoms with E-state index < -0.39 is 0 Å². The second kappa shape index (κ2) is 7.36. The number of carbonyl (C=O) groups is 1. The standard InChI is InChI=1S/C16H14BrCl2NO2/c1-9(2)22-14-7-6-10(8-11(14)17)16(21)20-15-12(18)4-3-5-13(15)19/h3-9H,1-2H3,(H,20,21). The van der Waals surface area contributed by atoms with E-state index in [9.17, 15) is 4.79 Å². The highest BCUT2D eigenvalue weighted by Gasteiger charge is 2.13. The number of hydrogen-bond acceptors (Lipinski definition) is 2. The quantitative estimate of drug-likeness (QED) is 0.702. The smallest absolute Gasteiger partial charge is 0.255 e. The van der Waals surface area contributed by atoms with E-state index in [-0.39, 0.29) is 12.0 Å². The zero-order valence-electron chi connectivity index (χ0n) is 12.0. The van der Waals surface area contributed by atoms with E-state index in [1.54, 1.807) is 36.4 Å². The number of halogens is 3. The van der Waals surface area contributed by atoms with Crippen molar-refractivity contribution in [3.05, 3.63) is 56.5 Å². The number of amides is 1. The summed E-state index contributed by atoms with van der Waals surface area (Å²) in [6, 6.07) is 10.2. The van der Waals surface area contributed by atoms with Crippen LogP contribution < -0.4 is 10.1 Å². The first-order valence-electron chi connectivity index (χ1n) is 6.60. The Kier molecular flexibility index (Phi) is 5.73. The molecule has 0 bridgehead atoms. The molecule has 3 nitrogen and oxygen atoms in total. The van der Waals surface area contributed by atoms with Gasteiger partial charge in [0, 0.05) is 5.56 Å². The second-order valence-corrected chi connectivity index (χ2v) is 6.53. The van der Waals surface area contributed by atoms with E-state index in [2.05, 4.69) is 21.2 Å². The molecule has 0 saturated heterocycles. The average Bonchev–Trinajstić information content (AvgIpc) is 2.44. The zero-order chi connectivity index (χ0) is 16.3. The molecule has 6 heteroatoms. The zero-order valence-corrected chi connectivity index (χ0v) is 15.1. The third kappa shape index (κ3) is 4.15. The molecule has 1 N–H and O–H groups in total. The van der Waals surface area contributed by atoms with Crippen molar-refractivity contribution in [1.29, 1.82) is 0 Å². The monoisotopic (exact) mass is 401 g/mol. The van der Waals surface area contributed by atoms with Crippen molar-refractivity contribution < 1.29 is 9.53 Å². The predicted octanol–water partition coefficient (Wildman–Crippen LogP) is 5.80. The van der Waals surface area contributed by atoms with Crippen molar-refractivity contribution in [2.75, 3.05) is 5.32 Å². The van der Waals surface area contributed by atoms with Crippen molar-refractivity contribution >= 4 is 50.7 Å².